The summed E-state index contributed by atoms with van der Waals surface area (Å²) in [6, 6.07) is 2.26. The SMILES string of the molecule is c1cc(CCC2CCNCC2)cs1. The molecule has 1 aromatic rings. The van der Waals surface area contributed by atoms with Gasteiger partial charge in [-0.2, -0.15) is 11.3 Å². The summed E-state index contributed by atoms with van der Waals surface area (Å²) in [6.07, 6.45) is 5.43. The summed E-state index contributed by atoms with van der Waals surface area (Å²) in [6.45, 7) is 2.46. The number of thiophene rings is 1. The smallest absolute Gasteiger partial charge is 0.00463 e. The van der Waals surface area contributed by atoms with Crippen molar-refractivity contribution in [3.8, 4) is 0 Å². The molecule has 0 aliphatic carbocycles. The Bertz CT molecular complexity index is 224. The minimum atomic E-state index is 0.973. The lowest BCUT2D eigenvalue weighted by atomic mass is 9.92. The Morgan fingerprint density at radius 2 is 2.23 bits per heavy atom. The van der Waals surface area contributed by atoms with Gasteiger partial charge < -0.3 is 5.32 Å². The van der Waals surface area contributed by atoms with Gasteiger partial charge in [0.25, 0.3) is 0 Å². The van der Waals surface area contributed by atoms with Crippen LogP contribution in [0.15, 0.2) is 16.8 Å². The molecule has 1 aliphatic rings. The van der Waals surface area contributed by atoms with E-state index in [1.165, 1.54) is 44.3 Å². The van der Waals surface area contributed by atoms with Crippen molar-refractivity contribution in [2.24, 2.45) is 5.92 Å². The molecule has 72 valence electrons. The van der Waals surface area contributed by atoms with Crippen molar-refractivity contribution < 1.29 is 0 Å². The summed E-state index contributed by atoms with van der Waals surface area (Å²) in [5.41, 5.74) is 1.53. The van der Waals surface area contributed by atoms with Gasteiger partial charge in [0.15, 0.2) is 0 Å². The molecule has 1 nitrogen and oxygen atoms in total. The summed E-state index contributed by atoms with van der Waals surface area (Å²) in [4.78, 5) is 0. The quantitative estimate of drug-likeness (QED) is 0.782. The second-order valence-corrected chi connectivity index (χ2v) is 4.64. The average Bonchev–Trinajstić information content (AvgIpc) is 2.69. The average molecular weight is 195 g/mol. The number of hydrogen-bond donors (Lipinski definition) is 1. The monoisotopic (exact) mass is 195 g/mol. The normalized spacial score (nSPS) is 19.1. The molecule has 0 atom stereocenters. The van der Waals surface area contributed by atoms with Crippen molar-refractivity contribution in [1.29, 1.82) is 0 Å². The molecular formula is C11H17NS. The van der Waals surface area contributed by atoms with Gasteiger partial charge in [0.1, 0.15) is 0 Å². The van der Waals surface area contributed by atoms with Crippen LogP contribution in [0.1, 0.15) is 24.8 Å². The lowest BCUT2D eigenvalue weighted by Gasteiger charge is -2.22. The van der Waals surface area contributed by atoms with Crippen LogP contribution in [-0.2, 0) is 6.42 Å². The zero-order valence-corrected chi connectivity index (χ0v) is 8.78. The topological polar surface area (TPSA) is 12.0 Å². The Kier molecular flexibility index (Phi) is 3.39. The first-order chi connectivity index (χ1) is 6.45. The van der Waals surface area contributed by atoms with Crippen LogP contribution in [0.5, 0.6) is 0 Å². The zero-order chi connectivity index (χ0) is 8.93. The third-order valence-electron chi connectivity index (χ3n) is 2.88. The van der Waals surface area contributed by atoms with Crippen LogP contribution in [0.25, 0.3) is 0 Å². The van der Waals surface area contributed by atoms with Crippen molar-refractivity contribution in [3.05, 3.63) is 22.4 Å². The van der Waals surface area contributed by atoms with Crippen molar-refractivity contribution in [1.82, 2.24) is 5.32 Å². The molecule has 13 heavy (non-hydrogen) atoms. The Hall–Kier alpha value is -0.340. The van der Waals surface area contributed by atoms with Gasteiger partial charge in [0.2, 0.25) is 0 Å². The van der Waals surface area contributed by atoms with Crippen molar-refractivity contribution in [3.63, 3.8) is 0 Å². The highest BCUT2D eigenvalue weighted by atomic mass is 32.1. The molecule has 0 saturated carbocycles. The minimum absolute atomic E-state index is 0.973. The second kappa shape index (κ2) is 4.77. The van der Waals surface area contributed by atoms with E-state index in [1.54, 1.807) is 0 Å². The van der Waals surface area contributed by atoms with Crippen molar-refractivity contribution in [2.75, 3.05) is 13.1 Å². The van der Waals surface area contributed by atoms with E-state index in [4.69, 9.17) is 0 Å². The maximum atomic E-state index is 3.41. The molecule has 2 heterocycles. The molecular weight excluding hydrogens is 178 g/mol. The molecule has 0 radical (unpaired) electrons. The molecule has 0 unspecified atom stereocenters. The standard InChI is InChI=1S/C11H17NS/c1(2-11-5-8-13-9-11)10-3-6-12-7-4-10/h5,8-10,12H,1-4,6-7H2. The van der Waals surface area contributed by atoms with E-state index in [0.717, 1.165) is 5.92 Å². The Morgan fingerprint density at radius 3 is 2.92 bits per heavy atom. The highest BCUT2D eigenvalue weighted by Gasteiger charge is 2.12. The lowest BCUT2D eigenvalue weighted by molar-refractivity contribution is 0.354. The van der Waals surface area contributed by atoms with Crippen LogP contribution >= 0.6 is 11.3 Å². The number of nitrogens with one attached hydrogen (secondary N) is 1. The fraction of sp³-hybridized carbons (Fsp3) is 0.636. The van der Waals surface area contributed by atoms with Gasteiger partial charge in [-0.05, 0) is 67.1 Å². The first-order valence-electron chi connectivity index (χ1n) is 5.17. The lowest BCUT2D eigenvalue weighted by Crippen LogP contribution is -2.27. The molecule has 0 bridgehead atoms. The summed E-state index contributed by atoms with van der Waals surface area (Å²) < 4.78 is 0. The van der Waals surface area contributed by atoms with Crippen LogP contribution in [-0.4, -0.2) is 13.1 Å². The Morgan fingerprint density at radius 1 is 1.38 bits per heavy atom. The molecule has 0 spiro atoms. The molecule has 1 aliphatic heterocycles. The van der Waals surface area contributed by atoms with Gasteiger partial charge in [0.05, 0.1) is 0 Å². The number of piperidine rings is 1. The van der Waals surface area contributed by atoms with Crippen LogP contribution < -0.4 is 5.32 Å². The van der Waals surface area contributed by atoms with Crippen LogP contribution in [0.3, 0.4) is 0 Å². The van der Waals surface area contributed by atoms with Gasteiger partial charge in [-0.3, -0.25) is 0 Å². The number of hydrogen-bond acceptors (Lipinski definition) is 2. The molecule has 2 rings (SSSR count). The van der Waals surface area contributed by atoms with E-state index in [0.29, 0.717) is 0 Å². The van der Waals surface area contributed by atoms with Gasteiger partial charge in [-0.1, -0.05) is 0 Å². The van der Waals surface area contributed by atoms with E-state index >= 15 is 0 Å². The van der Waals surface area contributed by atoms with Crippen molar-refractivity contribution in [2.45, 2.75) is 25.7 Å². The highest BCUT2D eigenvalue weighted by Crippen LogP contribution is 2.19. The predicted octanol–water partition coefficient (Wildman–Crippen LogP) is 2.68. The van der Waals surface area contributed by atoms with E-state index in [-0.39, 0.29) is 0 Å². The molecule has 0 amide bonds. The van der Waals surface area contributed by atoms with Crippen molar-refractivity contribution >= 4 is 11.3 Å². The predicted molar refractivity (Wildman–Crippen MR) is 58.2 cm³/mol. The molecule has 1 fully saturated rings. The fourth-order valence-electron chi connectivity index (χ4n) is 1.98. The van der Waals surface area contributed by atoms with Gasteiger partial charge in [0, 0.05) is 0 Å². The first kappa shape index (κ1) is 9.22. The first-order valence-corrected chi connectivity index (χ1v) is 6.11. The maximum absolute atomic E-state index is 3.41. The van der Waals surface area contributed by atoms with E-state index in [1.807, 2.05) is 11.3 Å². The summed E-state index contributed by atoms with van der Waals surface area (Å²) in [7, 11) is 0. The third kappa shape index (κ3) is 2.82. The summed E-state index contributed by atoms with van der Waals surface area (Å²) in [5.74, 6) is 0.973. The summed E-state index contributed by atoms with van der Waals surface area (Å²) >= 11 is 1.81. The molecule has 2 heteroatoms. The van der Waals surface area contributed by atoms with E-state index in [9.17, 15) is 0 Å². The van der Waals surface area contributed by atoms with E-state index < -0.39 is 0 Å². The maximum Gasteiger partial charge on any atom is -0.00463 e. The molecule has 1 aromatic heterocycles. The largest absolute Gasteiger partial charge is 0.317 e. The third-order valence-corrected chi connectivity index (χ3v) is 3.61. The number of rotatable bonds is 3. The Balaban J connectivity index is 1.72. The van der Waals surface area contributed by atoms with Crippen LogP contribution in [0, 0.1) is 5.92 Å². The molecule has 0 aromatic carbocycles. The number of aryl methyl sites for hydroxylation is 1. The fourth-order valence-corrected chi connectivity index (χ4v) is 2.68. The summed E-state index contributed by atoms with van der Waals surface area (Å²) in [5, 5.41) is 7.87. The minimum Gasteiger partial charge on any atom is -0.317 e. The van der Waals surface area contributed by atoms with E-state index in [2.05, 4.69) is 22.1 Å². The van der Waals surface area contributed by atoms with Crippen LogP contribution in [0.4, 0.5) is 0 Å². The van der Waals surface area contributed by atoms with Gasteiger partial charge in [-0.15, -0.1) is 0 Å². The van der Waals surface area contributed by atoms with Crippen LogP contribution in [0.2, 0.25) is 0 Å². The zero-order valence-electron chi connectivity index (χ0n) is 7.96. The van der Waals surface area contributed by atoms with Gasteiger partial charge in [-0.25, -0.2) is 0 Å². The molecule has 1 N–H and O–H groups in total. The molecule has 1 saturated heterocycles. The van der Waals surface area contributed by atoms with Gasteiger partial charge >= 0.3 is 0 Å². The second-order valence-electron chi connectivity index (χ2n) is 3.86. The Labute approximate surface area is 84.2 Å². The highest BCUT2D eigenvalue weighted by molar-refractivity contribution is 7.07.